The van der Waals surface area contributed by atoms with Crippen LogP contribution in [0.15, 0.2) is 42.5 Å². The van der Waals surface area contributed by atoms with Crippen LogP contribution in [0.25, 0.3) is 0 Å². The number of halogens is 1. The molecule has 104 valence electrons. The van der Waals surface area contributed by atoms with E-state index in [1.54, 1.807) is 6.07 Å². The minimum atomic E-state index is -0.224. The molecule has 3 nitrogen and oxygen atoms in total. The molecule has 1 N–H and O–H groups in total. The number of ether oxygens (including phenoxy) is 2. The zero-order valence-corrected chi connectivity index (χ0v) is 11.2. The van der Waals surface area contributed by atoms with Crippen LogP contribution in [0.2, 0.25) is 0 Å². The lowest BCUT2D eigenvalue weighted by Crippen LogP contribution is -2.15. The summed E-state index contributed by atoms with van der Waals surface area (Å²) in [4.78, 5) is 0. The predicted molar refractivity (Wildman–Crippen MR) is 75.9 cm³/mol. The maximum atomic E-state index is 13.2. The molecule has 4 heteroatoms. The maximum Gasteiger partial charge on any atom is 0.163 e. The molecule has 0 radical (unpaired) electrons. The van der Waals surface area contributed by atoms with Crippen LogP contribution in [-0.4, -0.2) is 13.2 Å². The molecule has 0 spiro atoms. The Morgan fingerprint density at radius 2 is 1.85 bits per heavy atom. The van der Waals surface area contributed by atoms with Crippen LogP contribution in [-0.2, 0) is 0 Å². The lowest BCUT2D eigenvalue weighted by atomic mass is 10.1. The van der Waals surface area contributed by atoms with Gasteiger partial charge in [-0.05, 0) is 36.8 Å². The minimum absolute atomic E-state index is 0.00765. The third-order valence-corrected chi connectivity index (χ3v) is 3.27. The van der Waals surface area contributed by atoms with Crippen LogP contribution >= 0.6 is 0 Å². The van der Waals surface area contributed by atoms with E-state index in [0.29, 0.717) is 13.2 Å². The summed E-state index contributed by atoms with van der Waals surface area (Å²) in [7, 11) is 0. The second-order valence-corrected chi connectivity index (χ2v) is 4.78. The van der Waals surface area contributed by atoms with Crippen molar-refractivity contribution < 1.29 is 13.9 Å². The maximum absolute atomic E-state index is 13.2. The molecule has 1 atom stereocenters. The molecule has 2 aromatic rings. The van der Waals surface area contributed by atoms with Gasteiger partial charge in [0.25, 0.3) is 0 Å². The molecule has 1 aliphatic rings. The SMILES string of the molecule is CC(Nc1ccc2c(c1)OCCO2)c1cccc(F)c1. The third-order valence-electron chi connectivity index (χ3n) is 3.27. The van der Waals surface area contributed by atoms with E-state index < -0.39 is 0 Å². The highest BCUT2D eigenvalue weighted by Gasteiger charge is 2.13. The van der Waals surface area contributed by atoms with Gasteiger partial charge in [-0.15, -0.1) is 0 Å². The van der Waals surface area contributed by atoms with Crippen LogP contribution in [0.3, 0.4) is 0 Å². The highest BCUT2D eigenvalue weighted by molar-refractivity contribution is 5.56. The molecule has 0 bridgehead atoms. The van der Waals surface area contributed by atoms with Crippen molar-refractivity contribution in [3.63, 3.8) is 0 Å². The van der Waals surface area contributed by atoms with E-state index in [2.05, 4.69) is 5.32 Å². The van der Waals surface area contributed by atoms with E-state index in [1.165, 1.54) is 12.1 Å². The smallest absolute Gasteiger partial charge is 0.163 e. The van der Waals surface area contributed by atoms with Crippen molar-refractivity contribution in [1.29, 1.82) is 0 Å². The molecule has 0 amide bonds. The molecule has 1 heterocycles. The largest absolute Gasteiger partial charge is 0.486 e. The van der Waals surface area contributed by atoms with Gasteiger partial charge in [0.2, 0.25) is 0 Å². The lowest BCUT2D eigenvalue weighted by molar-refractivity contribution is 0.171. The molecule has 0 fully saturated rings. The van der Waals surface area contributed by atoms with E-state index in [-0.39, 0.29) is 11.9 Å². The summed E-state index contributed by atoms with van der Waals surface area (Å²) in [6.07, 6.45) is 0. The number of benzene rings is 2. The van der Waals surface area contributed by atoms with E-state index in [4.69, 9.17) is 9.47 Å². The fraction of sp³-hybridized carbons (Fsp3) is 0.250. The van der Waals surface area contributed by atoms with Crippen LogP contribution in [0.1, 0.15) is 18.5 Å². The van der Waals surface area contributed by atoms with Gasteiger partial charge in [-0.2, -0.15) is 0 Å². The molecule has 20 heavy (non-hydrogen) atoms. The van der Waals surface area contributed by atoms with Gasteiger partial charge in [-0.1, -0.05) is 12.1 Å². The van der Waals surface area contributed by atoms with Crippen LogP contribution in [0, 0.1) is 5.82 Å². The van der Waals surface area contributed by atoms with Gasteiger partial charge in [-0.25, -0.2) is 4.39 Å². The summed E-state index contributed by atoms with van der Waals surface area (Å²) in [6, 6.07) is 12.3. The van der Waals surface area contributed by atoms with Crippen LogP contribution < -0.4 is 14.8 Å². The first-order valence-electron chi connectivity index (χ1n) is 6.64. The summed E-state index contributed by atoms with van der Waals surface area (Å²) in [5.41, 5.74) is 1.82. The van der Waals surface area contributed by atoms with E-state index in [0.717, 1.165) is 22.7 Å². The highest BCUT2D eigenvalue weighted by Crippen LogP contribution is 2.33. The van der Waals surface area contributed by atoms with Crippen molar-refractivity contribution >= 4 is 5.69 Å². The van der Waals surface area contributed by atoms with E-state index in [1.807, 2.05) is 31.2 Å². The van der Waals surface area contributed by atoms with E-state index >= 15 is 0 Å². The molecule has 2 aromatic carbocycles. The molecule has 0 saturated carbocycles. The molecule has 0 aliphatic carbocycles. The first kappa shape index (κ1) is 12.8. The first-order valence-corrected chi connectivity index (χ1v) is 6.64. The molecule has 0 saturated heterocycles. The zero-order valence-electron chi connectivity index (χ0n) is 11.2. The Morgan fingerprint density at radius 1 is 1.05 bits per heavy atom. The standard InChI is InChI=1S/C16H16FNO2/c1-11(12-3-2-4-13(17)9-12)18-14-5-6-15-16(10-14)20-8-7-19-15/h2-6,9-11,18H,7-8H2,1H3. The van der Waals surface area contributed by atoms with Crippen LogP contribution in [0.5, 0.6) is 11.5 Å². The van der Waals surface area contributed by atoms with Gasteiger partial charge in [0.1, 0.15) is 19.0 Å². The van der Waals surface area contributed by atoms with Crippen molar-refractivity contribution in [1.82, 2.24) is 0 Å². The minimum Gasteiger partial charge on any atom is -0.486 e. The Morgan fingerprint density at radius 3 is 2.65 bits per heavy atom. The number of rotatable bonds is 3. The number of hydrogen-bond donors (Lipinski definition) is 1. The summed E-state index contributed by atoms with van der Waals surface area (Å²) in [6.45, 7) is 3.14. The third kappa shape index (κ3) is 2.69. The topological polar surface area (TPSA) is 30.5 Å². The summed E-state index contributed by atoms with van der Waals surface area (Å²) in [5, 5.41) is 3.33. The Kier molecular flexibility index (Phi) is 3.46. The molecule has 0 aromatic heterocycles. The lowest BCUT2D eigenvalue weighted by Gasteiger charge is -2.21. The van der Waals surface area contributed by atoms with Gasteiger partial charge in [0.15, 0.2) is 11.5 Å². The number of fused-ring (bicyclic) bond motifs is 1. The van der Waals surface area contributed by atoms with Gasteiger partial charge in [-0.3, -0.25) is 0 Å². The normalized spacial score (nSPS) is 14.7. The van der Waals surface area contributed by atoms with E-state index in [9.17, 15) is 4.39 Å². The quantitative estimate of drug-likeness (QED) is 0.923. The van der Waals surface area contributed by atoms with Gasteiger partial charge >= 0.3 is 0 Å². The van der Waals surface area contributed by atoms with Gasteiger partial charge in [0, 0.05) is 17.8 Å². The zero-order chi connectivity index (χ0) is 13.9. The second-order valence-electron chi connectivity index (χ2n) is 4.78. The number of hydrogen-bond acceptors (Lipinski definition) is 3. The molecule has 1 unspecified atom stereocenters. The van der Waals surface area contributed by atoms with Crippen molar-refractivity contribution in [2.75, 3.05) is 18.5 Å². The van der Waals surface area contributed by atoms with Crippen molar-refractivity contribution in [2.45, 2.75) is 13.0 Å². The highest BCUT2D eigenvalue weighted by atomic mass is 19.1. The average molecular weight is 273 g/mol. The van der Waals surface area contributed by atoms with Gasteiger partial charge < -0.3 is 14.8 Å². The molecule has 3 rings (SSSR count). The van der Waals surface area contributed by atoms with Crippen molar-refractivity contribution in [3.8, 4) is 11.5 Å². The monoisotopic (exact) mass is 273 g/mol. The molecule has 1 aliphatic heterocycles. The summed E-state index contributed by atoms with van der Waals surface area (Å²) >= 11 is 0. The van der Waals surface area contributed by atoms with Crippen LogP contribution in [0.4, 0.5) is 10.1 Å². The van der Waals surface area contributed by atoms with Crippen molar-refractivity contribution in [2.24, 2.45) is 0 Å². The summed E-state index contributed by atoms with van der Waals surface area (Å²) < 4.78 is 24.3. The van der Waals surface area contributed by atoms with Crippen molar-refractivity contribution in [3.05, 3.63) is 53.8 Å². The van der Waals surface area contributed by atoms with Gasteiger partial charge in [0.05, 0.1) is 0 Å². The fourth-order valence-corrected chi connectivity index (χ4v) is 2.24. The molecular formula is C16H16FNO2. The Labute approximate surface area is 117 Å². The summed E-state index contributed by atoms with van der Waals surface area (Å²) in [5.74, 6) is 1.28. The second kappa shape index (κ2) is 5.41. The average Bonchev–Trinajstić information content (AvgIpc) is 2.47. The number of anilines is 1. The molecular weight excluding hydrogens is 257 g/mol. The first-order chi connectivity index (χ1) is 9.72. The Balaban J connectivity index is 1.77. The number of nitrogens with one attached hydrogen (secondary N) is 1. The fourth-order valence-electron chi connectivity index (χ4n) is 2.24. The Bertz CT molecular complexity index is 615. The predicted octanol–water partition coefficient (Wildman–Crippen LogP) is 3.77. The Hall–Kier alpha value is -2.23.